The summed E-state index contributed by atoms with van der Waals surface area (Å²) in [5.41, 5.74) is -1.01. The molecule has 1 N–H and O–H groups in total. The van der Waals surface area contributed by atoms with Gasteiger partial charge in [0, 0.05) is 26.2 Å². The van der Waals surface area contributed by atoms with Gasteiger partial charge in [0.15, 0.2) is 0 Å². The van der Waals surface area contributed by atoms with Gasteiger partial charge in [-0.05, 0) is 38.7 Å². The maximum atomic E-state index is 12.6. The largest absolute Gasteiger partial charge is 0.481 e. The zero-order valence-corrected chi connectivity index (χ0v) is 17.1. The number of likely N-dealkylation sites (tertiary alicyclic amines) is 2. The van der Waals surface area contributed by atoms with E-state index in [1.54, 1.807) is 20.8 Å². The number of carboxylic acids is 1. The number of carbonyl (C=O) groups excluding carboxylic acids is 2. The number of amides is 2. The number of piperidine rings is 2. The number of hydrogen-bond acceptors (Lipinski definition) is 5. The Kier molecular flexibility index (Phi) is 5.73. The Labute approximate surface area is 170 Å². The van der Waals surface area contributed by atoms with Crippen molar-refractivity contribution >= 4 is 18.2 Å². The third-order valence-electron chi connectivity index (χ3n) is 5.19. The highest BCUT2D eigenvalue weighted by Gasteiger charge is 2.53. The molecule has 1 aromatic rings. The summed E-state index contributed by atoms with van der Waals surface area (Å²) >= 11 is 0. The van der Waals surface area contributed by atoms with Crippen LogP contribution in [0.1, 0.15) is 32.8 Å². The van der Waals surface area contributed by atoms with E-state index in [-0.39, 0.29) is 25.6 Å². The number of fused-ring (bicyclic) bond motifs is 2. The Hall–Kier alpha value is -2.77. The molecule has 1 aromatic carbocycles. The highest BCUT2D eigenvalue weighted by Crippen LogP contribution is 2.39. The van der Waals surface area contributed by atoms with E-state index in [1.165, 1.54) is 9.80 Å². The Bertz CT molecular complexity index is 775. The van der Waals surface area contributed by atoms with Crippen LogP contribution in [0.15, 0.2) is 30.3 Å². The molecule has 0 aromatic heterocycles. The Morgan fingerprint density at radius 3 is 2.21 bits per heavy atom. The Morgan fingerprint density at radius 1 is 1.07 bits per heavy atom. The Morgan fingerprint density at radius 2 is 1.66 bits per heavy atom. The number of ether oxygens (including phenoxy) is 2. The van der Waals surface area contributed by atoms with Crippen LogP contribution in [0.25, 0.3) is 0 Å². The molecule has 2 aliphatic rings. The predicted octanol–water partition coefficient (Wildman–Crippen LogP) is 2.97. The average Bonchev–Trinajstić information content (AvgIpc) is 2.64. The van der Waals surface area contributed by atoms with Gasteiger partial charge in [0.1, 0.15) is 17.6 Å². The van der Waals surface area contributed by atoms with Crippen molar-refractivity contribution in [1.82, 2.24) is 9.80 Å². The van der Waals surface area contributed by atoms with Crippen LogP contribution in [-0.4, -0.2) is 64.8 Å². The summed E-state index contributed by atoms with van der Waals surface area (Å²) in [7, 11) is 0. The summed E-state index contributed by atoms with van der Waals surface area (Å²) in [5, 5.41) is 9.92. The standard InChI is InChI=1S/C21H28N2O6/c1-20(2,3)29-19(27)23-11-16-9-21(14-23,17(24)25)13-22(10-16)18(26)28-12-15-7-5-4-6-8-15/h4-8,16H,9-14H2,1-3H3,(H,24,25)/t16-,21-/m0/s1. The highest BCUT2D eigenvalue weighted by atomic mass is 16.6. The molecule has 0 spiro atoms. The quantitative estimate of drug-likeness (QED) is 0.832. The number of hydrogen-bond donors (Lipinski definition) is 1. The first-order valence-electron chi connectivity index (χ1n) is 9.75. The third-order valence-corrected chi connectivity index (χ3v) is 5.19. The highest BCUT2D eigenvalue weighted by molar-refractivity contribution is 5.79. The van der Waals surface area contributed by atoms with E-state index in [2.05, 4.69) is 0 Å². The van der Waals surface area contributed by atoms with Gasteiger partial charge >= 0.3 is 18.2 Å². The van der Waals surface area contributed by atoms with Crippen molar-refractivity contribution in [3.05, 3.63) is 35.9 Å². The second-order valence-corrected chi connectivity index (χ2v) is 8.94. The summed E-state index contributed by atoms with van der Waals surface area (Å²) in [5.74, 6) is -1.17. The van der Waals surface area contributed by atoms with Crippen LogP contribution in [0.3, 0.4) is 0 Å². The average molecular weight is 404 g/mol. The van der Waals surface area contributed by atoms with Crippen LogP contribution in [0.5, 0.6) is 0 Å². The fraction of sp³-hybridized carbons (Fsp3) is 0.571. The van der Waals surface area contributed by atoms with Gasteiger partial charge in [0.05, 0.1) is 0 Å². The predicted molar refractivity (Wildman–Crippen MR) is 104 cm³/mol. The zero-order chi connectivity index (χ0) is 21.2. The van der Waals surface area contributed by atoms with Crippen molar-refractivity contribution in [3.8, 4) is 0 Å². The first kappa shape index (κ1) is 21.0. The van der Waals surface area contributed by atoms with Crippen molar-refractivity contribution in [2.24, 2.45) is 11.3 Å². The molecule has 0 unspecified atom stereocenters. The molecule has 0 aliphatic carbocycles. The van der Waals surface area contributed by atoms with Gasteiger partial charge in [-0.1, -0.05) is 30.3 Å². The fourth-order valence-corrected chi connectivity index (χ4v) is 4.04. The minimum absolute atomic E-state index is 0.00571. The fourth-order valence-electron chi connectivity index (χ4n) is 4.04. The monoisotopic (exact) mass is 404 g/mol. The molecule has 0 saturated carbocycles. The van der Waals surface area contributed by atoms with Gasteiger partial charge < -0.3 is 24.4 Å². The van der Waals surface area contributed by atoms with Crippen molar-refractivity contribution in [2.75, 3.05) is 26.2 Å². The smallest absolute Gasteiger partial charge is 0.410 e. The number of benzene rings is 1. The minimum Gasteiger partial charge on any atom is -0.481 e. The van der Waals surface area contributed by atoms with E-state index in [4.69, 9.17) is 9.47 Å². The van der Waals surface area contributed by atoms with E-state index in [0.29, 0.717) is 19.5 Å². The molecule has 2 heterocycles. The number of rotatable bonds is 3. The van der Waals surface area contributed by atoms with Gasteiger partial charge in [-0.25, -0.2) is 9.59 Å². The van der Waals surface area contributed by atoms with Crippen LogP contribution >= 0.6 is 0 Å². The molecule has 2 saturated heterocycles. The lowest BCUT2D eigenvalue weighted by Gasteiger charge is -2.50. The van der Waals surface area contributed by atoms with Crippen LogP contribution in [0.2, 0.25) is 0 Å². The van der Waals surface area contributed by atoms with Gasteiger partial charge in [-0.2, -0.15) is 0 Å². The van der Waals surface area contributed by atoms with Crippen LogP contribution < -0.4 is 0 Å². The van der Waals surface area contributed by atoms with Crippen molar-refractivity contribution in [1.29, 1.82) is 0 Å². The molecule has 2 bridgehead atoms. The van der Waals surface area contributed by atoms with E-state index in [1.807, 2.05) is 30.3 Å². The van der Waals surface area contributed by atoms with Gasteiger partial charge in [0.2, 0.25) is 0 Å². The molecule has 0 radical (unpaired) electrons. The molecule has 2 amide bonds. The maximum Gasteiger partial charge on any atom is 0.410 e. The molecule has 2 atom stereocenters. The van der Waals surface area contributed by atoms with Crippen molar-refractivity contribution in [2.45, 2.75) is 39.4 Å². The molecule has 2 fully saturated rings. The SMILES string of the molecule is CC(C)(C)OC(=O)N1C[C@@H]2CN(C(=O)OCc3ccccc3)C[C@@](C(=O)O)(C2)C1. The first-order valence-corrected chi connectivity index (χ1v) is 9.75. The van der Waals surface area contributed by atoms with Gasteiger partial charge in [-0.3, -0.25) is 4.79 Å². The summed E-state index contributed by atoms with van der Waals surface area (Å²) in [6.07, 6.45) is -0.632. The lowest BCUT2D eigenvalue weighted by Crippen LogP contribution is -2.63. The van der Waals surface area contributed by atoms with E-state index in [0.717, 1.165) is 5.56 Å². The maximum absolute atomic E-state index is 12.6. The molecular weight excluding hydrogens is 376 g/mol. The summed E-state index contributed by atoms with van der Waals surface area (Å²) in [6, 6.07) is 9.31. The second-order valence-electron chi connectivity index (χ2n) is 8.94. The van der Waals surface area contributed by atoms with Crippen LogP contribution in [-0.2, 0) is 20.9 Å². The number of aliphatic carboxylic acids is 1. The van der Waals surface area contributed by atoms with Crippen molar-refractivity contribution in [3.63, 3.8) is 0 Å². The first-order chi connectivity index (χ1) is 13.6. The van der Waals surface area contributed by atoms with E-state index < -0.39 is 29.2 Å². The molecule has 8 heteroatoms. The van der Waals surface area contributed by atoms with E-state index in [9.17, 15) is 19.5 Å². The lowest BCUT2D eigenvalue weighted by molar-refractivity contribution is -0.159. The number of carbonyl (C=O) groups is 3. The molecular formula is C21H28N2O6. The lowest BCUT2D eigenvalue weighted by atomic mass is 9.72. The number of carboxylic acid groups (broad SMARTS) is 1. The normalized spacial score (nSPS) is 24.0. The van der Waals surface area contributed by atoms with Crippen molar-refractivity contribution < 1.29 is 29.0 Å². The second kappa shape index (κ2) is 7.93. The molecule has 29 heavy (non-hydrogen) atoms. The summed E-state index contributed by atoms with van der Waals surface area (Å²) in [6.45, 7) is 6.16. The summed E-state index contributed by atoms with van der Waals surface area (Å²) in [4.78, 5) is 40.1. The third kappa shape index (κ3) is 4.99. The van der Waals surface area contributed by atoms with Crippen LogP contribution in [0.4, 0.5) is 9.59 Å². The molecule has 158 valence electrons. The molecule has 3 rings (SSSR count). The Balaban J connectivity index is 1.68. The minimum atomic E-state index is -1.22. The van der Waals surface area contributed by atoms with Crippen LogP contribution in [0, 0.1) is 11.3 Å². The number of nitrogens with zero attached hydrogens (tertiary/aromatic N) is 2. The van der Waals surface area contributed by atoms with E-state index >= 15 is 0 Å². The van der Waals surface area contributed by atoms with Gasteiger partial charge in [-0.15, -0.1) is 0 Å². The molecule has 8 nitrogen and oxygen atoms in total. The van der Waals surface area contributed by atoms with Gasteiger partial charge in [0.25, 0.3) is 0 Å². The summed E-state index contributed by atoms with van der Waals surface area (Å²) < 4.78 is 10.8. The topological polar surface area (TPSA) is 96.4 Å². The zero-order valence-electron chi connectivity index (χ0n) is 17.1. The molecule has 2 aliphatic heterocycles.